The first kappa shape index (κ1) is 22.1. The standard InChI is InChI=1S/C19H31N3O4/c1-14-12-15(21-22-20)17(25-9-8-23-7)13-16(14)24-10-11-26-19(5,6)18(2,3)4/h12-13H,8-11H2,1-7H3. The van der Waals surface area contributed by atoms with Crippen molar-refractivity contribution in [2.24, 2.45) is 10.5 Å². The van der Waals surface area contributed by atoms with Gasteiger partial charge in [0.25, 0.3) is 0 Å². The van der Waals surface area contributed by atoms with Gasteiger partial charge in [-0.1, -0.05) is 25.9 Å². The number of hydrogen-bond acceptors (Lipinski definition) is 5. The molecule has 0 bridgehead atoms. The highest BCUT2D eigenvalue weighted by Gasteiger charge is 2.33. The molecule has 0 aliphatic heterocycles. The zero-order valence-corrected chi connectivity index (χ0v) is 17.0. The maximum atomic E-state index is 8.72. The first-order valence-corrected chi connectivity index (χ1v) is 8.70. The summed E-state index contributed by atoms with van der Waals surface area (Å²) in [6.45, 7) is 14.2. The fourth-order valence-electron chi connectivity index (χ4n) is 1.95. The van der Waals surface area contributed by atoms with Crippen LogP contribution in [-0.4, -0.2) is 39.1 Å². The molecule has 1 aromatic rings. The Hall–Kier alpha value is -1.95. The van der Waals surface area contributed by atoms with Gasteiger partial charge < -0.3 is 18.9 Å². The Morgan fingerprint density at radius 1 is 0.962 bits per heavy atom. The molecule has 0 atom stereocenters. The lowest BCUT2D eigenvalue weighted by molar-refractivity contribution is -0.0967. The average Bonchev–Trinajstić information content (AvgIpc) is 2.54. The third-order valence-corrected chi connectivity index (χ3v) is 4.56. The van der Waals surface area contributed by atoms with Crippen molar-refractivity contribution in [1.29, 1.82) is 0 Å². The van der Waals surface area contributed by atoms with Crippen molar-refractivity contribution in [3.63, 3.8) is 0 Å². The average molecular weight is 365 g/mol. The van der Waals surface area contributed by atoms with Gasteiger partial charge in [-0.15, -0.1) is 0 Å². The van der Waals surface area contributed by atoms with Gasteiger partial charge in [-0.3, -0.25) is 0 Å². The SMILES string of the molecule is COCCOc1cc(OCCOC(C)(C)C(C)(C)C)c(C)cc1N=[N+]=[N-]. The molecule has 7 nitrogen and oxygen atoms in total. The number of azide groups is 1. The highest BCUT2D eigenvalue weighted by Crippen LogP contribution is 2.35. The van der Waals surface area contributed by atoms with Crippen molar-refractivity contribution in [3.8, 4) is 11.5 Å². The fraction of sp³-hybridized carbons (Fsp3) is 0.684. The molecule has 7 heteroatoms. The van der Waals surface area contributed by atoms with Crippen molar-refractivity contribution < 1.29 is 18.9 Å². The van der Waals surface area contributed by atoms with Crippen LogP contribution in [-0.2, 0) is 9.47 Å². The van der Waals surface area contributed by atoms with E-state index in [1.54, 1.807) is 19.2 Å². The monoisotopic (exact) mass is 365 g/mol. The van der Waals surface area contributed by atoms with E-state index in [4.69, 9.17) is 24.5 Å². The fourth-order valence-corrected chi connectivity index (χ4v) is 1.95. The summed E-state index contributed by atoms with van der Waals surface area (Å²) in [6, 6.07) is 3.49. The van der Waals surface area contributed by atoms with E-state index >= 15 is 0 Å². The lowest BCUT2D eigenvalue weighted by Gasteiger charge is -2.38. The molecule has 0 radical (unpaired) electrons. The number of nitrogens with zero attached hydrogens (tertiary/aromatic N) is 3. The van der Waals surface area contributed by atoms with E-state index in [-0.39, 0.29) is 11.0 Å². The normalized spacial score (nSPS) is 11.8. The highest BCUT2D eigenvalue weighted by atomic mass is 16.5. The Kier molecular flexibility index (Phi) is 8.21. The van der Waals surface area contributed by atoms with Gasteiger partial charge in [0, 0.05) is 18.1 Å². The molecule has 0 N–H and O–H groups in total. The highest BCUT2D eigenvalue weighted by molar-refractivity contribution is 5.58. The summed E-state index contributed by atoms with van der Waals surface area (Å²) in [7, 11) is 1.60. The number of rotatable bonds is 10. The second-order valence-electron chi connectivity index (χ2n) is 7.57. The van der Waals surface area contributed by atoms with Gasteiger partial charge in [-0.25, -0.2) is 0 Å². The minimum absolute atomic E-state index is 0.0300. The third kappa shape index (κ3) is 6.41. The van der Waals surface area contributed by atoms with E-state index in [0.717, 1.165) is 5.56 Å². The van der Waals surface area contributed by atoms with Crippen LogP contribution in [0, 0.1) is 12.3 Å². The van der Waals surface area contributed by atoms with Gasteiger partial charge in [0.1, 0.15) is 24.7 Å². The topological polar surface area (TPSA) is 85.7 Å². The Labute approximate surface area is 156 Å². The summed E-state index contributed by atoms with van der Waals surface area (Å²) in [5.41, 5.74) is 9.78. The van der Waals surface area contributed by atoms with Crippen LogP contribution in [0.3, 0.4) is 0 Å². The van der Waals surface area contributed by atoms with Gasteiger partial charge >= 0.3 is 0 Å². The van der Waals surface area contributed by atoms with Crippen LogP contribution in [0.15, 0.2) is 17.2 Å². The van der Waals surface area contributed by atoms with E-state index in [0.29, 0.717) is 43.6 Å². The molecular formula is C19H31N3O4. The first-order valence-electron chi connectivity index (χ1n) is 8.70. The second kappa shape index (κ2) is 9.67. The van der Waals surface area contributed by atoms with Crippen LogP contribution in [0.25, 0.3) is 10.4 Å². The summed E-state index contributed by atoms with van der Waals surface area (Å²) in [6.07, 6.45) is 0. The van der Waals surface area contributed by atoms with E-state index in [1.165, 1.54) is 0 Å². The minimum Gasteiger partial charge on any atom is -0.491 e. The van der Waals surface area contributed by atoms with Gasteiger partial charge in [0.15, 0.2) is 0 Å². The molecule has 26 heavy (non-hydrogen) atoms. The molecule has 0 aliphatic carbocycles. The zero-order chi connectivity index (χ0) is 19.8. The van der Waals surface area contributed by atoms with Crippen molar-refractivity contribution >= 4 is 5.69 Å². The van der Waals surface area contributed by atoms with Crippen molar-refractivity contribution in [2.45, 2.75) is 47.1 Å². The van der Waals surface area contributed by atoms with Gasteiger partial charge in [-0.2, -0.15) is 0 Å². The van der Waals surface area contributed by atoms with E-state index in [9.17, 15) is 0 Å². The third-order valence-electron chi connectivity index (χ3n) is 4.56. The number of ether oxygens (including phenoxy) is 4. The second-order valence-corrected chi connectivity index (χ2v) is 7.57. The quantitative estimate of drug-likeness (QED) is 0.247. The molecule has 0 spiro atoms. The van der Waals surface area contributed by atoms with E-state index < -0.39 is 0 Å². The lowest BCUT2D eigenvalue weighted by atomic mass is 9.79. The van der Waals surface area contributed by atoms with Crippen molar-refractivity contribution in [1.82, 2.24) is 0 Å². The molecule has 0 saturated heterocycles. The maximum Gasteiger partial charge on any atom is 0.132 e. The summed E-state index contributed by atoms with van der Waals surface area (Å²) in [5.74, 6) is 1.14. The van der Waals surface area contributed by atoms with Crippen LogP contribution in [0.5, 0.6) is 11.5 Å². The van der Waals surface area contributed by atoms with Crippen molar-refractivity contribution in [2.75, 3.05) is 33.5 Å². The Balaban J connectivity index is 2.77. The molecule has 0 fully saturated rings. The molecule has 0 saturated carbocycles. The maximum absolute atomic E-state index is 8.72. The van der Waals surface area contributed by atoms with Crippen LogP contribution >= 0.6 is 0 Å². The van der Waals surface area contributed by atoms with Crippen LogP contribution in [0.4, 0.5) is 5.69 Å². The molecule has 0 aliphatic rings. The molecule has 0 unspecified atom stereocenters. The van der Waals surface area contributed by atoms with Crippen molar-refractivity contribution in [3.05, 3.63) is 28.1 Å². The molecule has 0 heterocycles. The Morgan fingerprint density at radius 3 is 2.15 bits per heavy atom. The molecular weight excluding hydrogens is 334 g/mol. The molecule has 146 valence electrons. The molecule has 1 aromatic carbocycles. The summed E-state index contributed by atoms with van der Waals surface area (Å²) >= 11 is 0. The van der Waals surface area contributed by atoms with E-state index in [1.807, 2.05) is 6.92 Å². The summed E-state index contributed by atoms with van der Waals surface area (Å²) in [5, 5.41) is 3.68. The van der Waals surface area contributed by atoms with Gasteiger partial charge in [0.2, 0.25) is 0 Å². The molecule has 0 amide bonds. The van der Waals surface area contributed by atoms with Crippen LogP contribution in [0.2, 0.25) is 0 Å². The minimum atomic E-state index is -0.259. The molecule has 0 aromatic heterocycles. The number of methoxy groups -OCH3 is 1. The predicted molar refractivity (Wildman–Crippen MR) is 102 cm³/mol. The predicted octanol–water partition coefficient (Wildman–Crippen LogP) is 5.18. The number of benzene rings is 1. The van der Waals surface area contributed by atoms with Crippen LogP contribution in [0.1, 0.15) is 40.2 Å². The van der Waals surface area contributed by atoms with E-state index in [2.05, 4.69) is 44.6 Å². The smallest absolute Gasteiger partial charge is 0.132 e. The first-order chi connectivity index (χ1) is 12.1. The Bertz CT molecular complexity index is 632. The Morgan fingerprint density at radius 2 is 1.58 bits per heavy atom. The van der Waals surface area contributed by atoms with Gasteiger partial charge in [-0.05, 0) is 43.3 Å². The van der Waals surface area contributed by atoms with Gasteiger partial charge in [0.05, 0.1) is 24.5 Å². The zero-order valence-electron chi connectivity index (χ0n) is 17.0. The molecule has 1 rings (SSSR count). The number of aryl methyl sites for hydroxylation is 1. The number of hydrogen-bond donors (Lipinski definition) is 0. The largest absolute Gasteiger partial charge is 0.491 e. The summed E-state index contributed by atoms with van der Waals surface area (Å²) < 4.78 is 22.5. The summed E-state index contributed by atoms with van der Waals surface area (Å²) in [4.78, 5) is 2.84. The lowest BCUT2D eigenvalue weighted by Crippen LogP contribution is -2.40. The van der Waals surface area contributed by atoms with Crippen LogP contribution < -0.4 is 9.47 Å².